The van der Waals surface area contributed by atoms with E-state index in [0.29, 0.717) is 5.69 Å². The Labute approximate surface area is 259 Å². The summed E-state index contributed by atoms with van der Waals surface area (Å²) in [5, 5.41) is 6.82. The number of fused-ring (bicyclic) bond motifs is 7. The molecule has 7 aromatic carbocycles. The first-order chi connectivity index (χ1) is 22.3. The maximum absolute atomic E-state index is 7.41. The zero-order chi connectivity index (χ0) is 29.9. The lowest BCUT2D eigenvalue weighted by Gasteiger charge is -2.18. The highest BCUT2D eigenvalue weighted by Gasteiger charge is 2.24. The summed E-state index contributed by atoms with van der Waals surface area (Å²) in [6, 6.07) is 50.4. The maximum Gasteiger partial charge on any atom is 0.187 e. The van der Waals surface area contributed by atoms with Crippen molar-refractivity contribution >= 4 is 49.1 Å². The van der Waals surface area contributed by atoms with Crippen LogP contribution in [0.5, 0.6) is 0 Å². The molecular weight excluding hydrogens is 548 g/mol. The van der Waals surface area contributed by atoms with Crippen molar-refractivity contribution in [3.63, 3.8) is 0 Å². The summed E-state index contributed by atoms with van der Waals surface area (Å²) in [4.78, 5) is 8.67. The molecule has 0 saturated heterocycles. The van der Waals surface area contributed by atoms with Crippen molar-refractivity contribution in [2.75, 3.05) is 0 Å². The van der Waals surface area contributed by atoms with Crippen molar-refractivity contribution < 1.29 is 4.42 Å². The molecular formula is C42H24N2O. The Morgan fingerprint density at radius 2 is 1.02 bits per heavy atom. The fourth-order valence-electron chi connectivity index (χ4n) is 6.90. The van der Waals surface area contributed by atoms with Gasteiger partial charge >= 0.3 is 0 Å². The lowest BCUT2D eigenvalue weighted by molar-refractivity contribution is 0.622. The van der Waals surface area contributed by atoms with Gasteiger partial charge in [0.15, 0.2) is 5.69 Å². The van der Waals surface area contributed by atoms with Gasteiger partial charge in [0.05, 0.1) is 23.3 Å². The smallest absolute Gasteiger partial charge is 0.187 e. The van der Waals surface area contributed by atoms with Crippen LogP contribution < -0.4 is 0 Å². The van der Waals surface area contributed by atoms with Crippen LogP contribution >= 0.6 is 0 Å². The molecule has 2 aliphatic rings. The van der Waals surface area contributed by atoms with Gasteiger partial charge in [-0.2, -0.15) is 0 Å². The third kappa shape index (κ3) is 3.87. The molecule has 0 atom stereocenters. The van der Waals surface area contributed by atoms with Gasteiger partial charge in [0.25, 0.3) is 0 Å². The van der Waals surface area contributed by atoms with Gasteiger partial charge in [0.2, 0.25) is 0 Å². The van der Waals surface area contributed by atoms with Crippen LogP contribution in [0.15, 0.2) is 150 Å². The van der Waals surface area contributed by atoms with E-state index in [0.717, 1.165) is 55.6 Å². The Morgan fingerprint density at radius 1 is 0.467 bits per heavy atom. The van der Waals surface area contributed by atoms with Gasteiger partial charge in [-0.25, -0.2) is 9.83 Å². The van der Waals surface area contributed by atoms with Crippen molar-refractivity contribution in [3.05, 3.63) is 157 Å². The molecule has 0 aliphatic carbocycles. The third-order valence-corrected chi connectivity index (χ3v) is 8.85. The lowest BCUT2D eigenvalue weighted by atomic mass is 9.85. The minimum atomic E-state index is 0.641. The molecule has 0 saturated carbocycles. The van der Waals surface area contributed by atoms with E-state index in [9.17, 15) is 0 Å². The molecule has 7 aromatic rings. The van der Waals surface area contributed by atoms with Gasteiger partial charge in [-0.3, -0.25) is 0 Å². The number of hydrogen-bond donors (Lipinski definition) is 0. The zero-order valence-electron chi connectivity index (χ0n) is 24.2. The molecule has 0 N–H and O–H groups in total. The predicted octanol–water partition coefficient (Wildman–Crippen LogP) is 11.9. The van der Waals surface area contributed by atoms with Gasteiger partial charge in [-0.1, -0.05) is 121 Å². The quantitative estimate of drug-likeness (QED) is 0.156. The Balaban J connectivity index is 1.33. The molecule has 0 amide bonds. The van der Waals surface area contributed by atoms with Crippen molar-refractivity contribution in [1.82, 2.24) is 4.98 Å². The molecule has 0 unspecified atom stereocenters. The van der Waals surface area contributed by atoms with E-state index in [1.54, 1.807) is 0 Å². The first-order valence-electron chi connectivity index (χ1n) is 15.0. The Kier molecular flexibility index (Phi) is 5.57. The van der Waals surface area contributed by atoms with Crippen molar-refractivity contribution in [2.24, 2.45) is 0 Å². The summed E-state index contributed by atoms with van der Waals surface area (Å²) in [6.45, 7) is 7.41. The molecule has 0 aromatic heterocycles. The topological polar surface area (TPSA) is 30.4 Å². The summed E-state index contributed by atoms with van der Waals surface area (Å²) in [5.41, 5.74) is 10.0. The maximum atomic E-state index is 7.41. The number of aromatic nitrogens is 1. The third-order valence-electron chi connectivity index (χ3n) is 8.85. The van der Waals surface area contributed by atoms with Crippen LogP contribution in [0, 0.1) is 6.57 Å². The minimum absolute atomic E-state index is 0.641. The van der Waals surface area contributed by atoms with Crippen molar-refractivity contribution in [3.8, 4) is 44.8 Å². The minimum Gasteiger partial charge on any atom is -0.455 e. The average molecular weight is 573 g/mol. The molecule has 9 rings (SSSR count). The molecule has 0 fully saturated rings. The van der Waals surface area contributed by atoms with Gasteiger partial charge in [0, 0.05) is 16.3 Å². The highest BCUT2D eigenvalue weighted by atomic mass is 16.3. The van der Waals surface area contributed by atoms with Crippen LogP contribution in [0.25, 0.3) is 93.1 Å². The van der Waals surface area contributed by atoms with Gasteiger partial charge in [-0.05, 0) is 68.1 Å². The fourth-order valence-corrected chi connectivity index (χ4v) is 6.90. The van der Waals surface area contributed by atoms with E-state index in [2.05, 4.69) is 114 Å². The first-order valence-corrected chi connectivity index (χ1v) is 15.0. The molecule has 2 aliphatic heterocycles. The van der Waals surface area contributed by atoms with E-state index in [1.807, 2.05) is 36.4 Å². The van der Waals surface area contributed by atoms with Crippen LogP contribution in [0.1, 0.15) is 0 Å². The monoisotopic (exact) mass is 572 g/mol. The predicted molar refractivity (Wildman–Crippen MR) is 186 cm³/mol. The van der Waals surface area contributed by atoms with Crippen molar-refractivity contribution in [2.45, 2.75) is 0 Å². The molecule has 3 nitrogen and oxygen atoms in total. The van der Waals surface area contributed by atoms with Crippen LogP contribution in [-0.2, 0) is 0 Å². The van der Waals surface area contributed by atoms with E-state index < -0.39 is 0 Å². The molecule has 0 spiro atoms. The molecule has 0 bridgehead atoms. The number of benzene rings is 7. The molecule has 208 valence electrons. The summed E-state index contributed by atoms with van der Waals surface area (Å²) in [7, 11) is 0. The van der Waals surface area contributed by atoms with Crippen LogP contribution in [0.3, 0.4) is 0 Å². The van der Waals surface area contributed by atoms with Crippen LogP contribution in [-0.4, -0.2) is 4.98 Å². The van der Waals surface area contributed by atoms with E-state index in [1.165, 1.54) is 32.7 Å². The average Bonchev–Trinajstić information content (AvgIpc) is 3.50. The largest absolute Gasteiger partial charge is 0.455 e. The fraction of sp³-hybridized carbons (Fsp3) is 0. The lowest BCUT2D eigenvalue weighted by Crippen LogP contribution is -1.92. The molecule has 0 radical (unpaired) electrons. The molecule has 2 heterocycles. The van der Waals surface area contributed by atoms with Crippen LogP contribution in [0.2, 0.25) is 0 Å². The van der Waals surface area contributed by atoms with Gasteiger partial charge < -0.3 is 4.42 Å². The number of rotatable bonds is 3. The zero-order valence-corrected chi connectivity index (χ0v) is 24.2. The summed E-state index contributed by atoms with van der Waals surface area (Å²) in [5.74, 6) is 0.823. The summed E-state index contributed by atoms with van der Waals surface area (Å²) in [6.07, 6.45) is 0. The van der Waals surface area contributed by atoms with Crippen molar-refractivity contribution in [1.29, 1.82) is 0 Å². The highest BCUT2D eigenvalue weighted by molar-refractivity contribution is 6.21. The molecule has 3 heteroatoms. The number of hydrogen-bond acceptors (Lipinski definition) is 2. The summed E-state index contributed by atoms with van der Waals surface area (Å²) >= 11 is 0. The van der Waals surface area contributed by atoms with Crippen LogP contribution in [0.4, 0.5) is 5.69 Å². The standard InChI is InChI=1S/C42H24N2O/c1-43-29-23-21-26(22-24-29)38-30-13-2-4-15-32(30)39(33-16-5-3-14-31(33)38)27-11-10-12-28(25-27)42-40-34-17-6-8-19-36(34)44-41(40)35-18-7-9-20-37(35)45-42/h2-25H. The Hall–Kier alpha value is -6.24. The van der Waals surface area contributed by atoms with E-state index in [-0.39, 0.29) is 0 Å². The second kappa shape index (κ2) is 9.91. The van der Waals surface area contributed by atoms with E-state index in [4.69, 9.17) is 16.0 Å². The highest BCUT2D eigenvalue weighted by Crippen LogP contribution is 2.47. The Morgan fingerprint density at radius 3 is 1.69 bits per heavy atom. The second-order valence-electron chi connectivity index (χ2n) is 11.4. The molecule has 45 heavy (non-hydrogen) atoms. The first kappa shape index (κ1) is 25.3. The number of para-hydroxylation sites is 2. The second-order valence-corrected chi connectivity index (χ2v) is 11.4. The normalized spacial score (nSPS) is 11.5. The SMILES string of the molecule is [C-]#[N+]c1ccc(-c2c3ccccc3c(-c3cccc(-c4oc5ccccc5c5nc6ccccc6c4-5)c3)c3ccccc23)cc1. The summed E-state index contributed by atoms with van der Waals surface area (Å²) < 4.78 is 6.73. The Bertz CT molecular complexity index is 2550. The van der Waals surface area contributed by atoms with E-state index >= 15 is 0 Å². The van der Waals surface area contributed by atoms with Gasteiger partial charge in [0.1, 0.15) is 11.3 Å². The van der Waals surface area contributed by atoms with Gasteiger partial charge in [-0.15, -0.1) is 0 Å². The number of nitrogens with zero attached hydrogens (tertiary/aromatic N) is 2.